The van der Waals surface area contributed by atoms with Crippen LogP contribution in [0.4, 0.5) is 14.5 Å². The fraction of sp³-hybridized carbons (Fsp3) is 0.200. The Bertz CT molecular complexity index is 566. The van der Waals surface area contributed by atoms with Gasteiger partial charge in [0.25, 0.3) is 0 Å². The highest BCUT2D eigenvalue weighted by molar-refractivity contribution is 5.51. The second-order valence-electron chi connectivity index (χ2n) is 3.56. The van der Waals surface area contributed by atoms with Crippen molar-refractivity contribution >= 4 is 5.69 Å². The molecule has 8 heteroatoms. The first kappa shape index (κ1) is 11.9. The van der Waals surface area contributed by atoms with Gasteiger partial charge in [-0.15, -0.1) is 10.2 Å². The highest BCUT2D eigenvalue weighted by atomic mass is 19.1. The Balaban J connectivity index is 2.27. The van der Waals surface area contributed by atoms with E-state index in [2.05, 4.69) is 25.9 Å². The highest BCUT2D eigenvalue weighted by Crippen LogP contribution is 2.24. The molecule has 2 aromatic rings. The average Bonchev–Trinajstić information content (AvgIpc) is 2.87. The highest BCUT2D eigenvalue weighted by Gasteiger charge is 2.16. The summed E-state index contributed by atoms with van der Waals surface area (Å²) in [5.74, 6) is -1.41. The Morgan fingerprint density at radius 1 is 1.39 bits per heavy atom. The summed E-state index contributed by atoms with van der Waals surface area (Å²) in [5, 5.41) is 24.2. The number of anilines is 1. The van der Waals surface area contributed by atoms with Crippen LogP contribution in [0.3, 0.4) is 0 Å². The van der Waals surface area contributed by atoms with E-state index in [1.54, 1.807) is 13.0 Å². The molecule has 0 aliphatic heterocycles. The van der Waals surface area contributed by atoms with Gasteiger partial charge in [-0.25, -0.2) is 8.78 Å². The lowest BCUT2D eigenvalue weighted by Gasteiger charge is -2.13. The molecule has 0 fully saturated rings. The minimum absolute atomic E-state index is 0.0808. The Kier molecular flexibility index (Phi) is 3.14. The standard InChI is InChI=1S/C10H8F2N6/c1-5(10-15-17-18-16-10)14-9-7(11)2-6(4-13)3-8(9)12/h2-3,5,14H,1H3,(H,15,16,17,18). The van der Waals surface area contributed by atoms with Crippen molar-refractivity contribution in [2.45, 2.75) is 13.0 Å². The molecule has 0 saturated heterocycles. The van der Waals surface area contributed by atoms with Gasteiger partial charge in [-0.2, -0.15) is 10.5 Å². The molecule has 0 aliphatic rings. The number of halogens is 2. The first-order chi connectivity index (χ1) is 8.61. The summed E-state index contributed by atoms with van der Waals surface area (Å²) in [4.78, 5) is 0. The number of aromatic amines is 1. The number of hydrogen-bond donors (Lipinski definition) is 2. The zero-order valence-electron chi connectivity index (χ0n) is 9.28. The molecular formula is C10H8F2N6. The molecular weight excluding hydrogens is 242 g/mol. The van der Waals surface area contributed by atoms with Crippen LogP contribution < -0.4 is 5.32 Å². The topological polar surface area (TPSA) is 90.3 Å². The maximum absolute atomic E-state index is 13.6. The lowest BCUT2D eigenvalue weighted by Crippen LogP contribution is -2.11. The molecule has 1 aromatic carbocycles. The van der Waals surface area contributed by atoms with Crippen molar-refractivity contribution in [3.63, 3.8) is 0 Å². The van der Waals surface area contributed by atoms with Gasteiger partial charge in [-0.1, -0.05) is 5.21 Å². The third-order valence-electron chi connectivity index (χ3n) is 2.28. The minimum Gasteiger partial charge on any atom is -0.370 e. The number of H-pyrrole nitrogens is 1. The predicted octanol–water partition coefficient (Wildman–Crippen LogP) is 1.52. The smallest absolute Gasteiger partial charge is 0.196 e. The zero-order chi connectivity index (χ0) is 13.1. The van der Waals surface area contributed by atoms with Gasteiger partial charge in [0.2, 0.25) is 0 Å². The van der Waals surface area contributed by atoms with Gasteiger partial charge in [-0.05, 0) is 19.1 Å². The van der Waals surface area contributed by atoms with Crippen LogP contribution in [0.5, 0.6) is 0 Å². The van der Waals surface area contributed by atoms with Gasteiger partial charge in [0, 0.05) is 0 Å². The summed E-state index contributed by atoms with van der Waals surface area (Å²) in [6.45, 7) is 1.63. The Morgan fingerprint density at radius 3 is 2.56 bits per heavy atom. The first-order valence-electron chi connectivity index (χ1n) is 5.01. The molecule has 0 amide bonds. The number of hydrogen-bond acceptors (Lipinski definition) is 5. The van der Waals surface area contributed by atoms with Gasteiger partial charge < -0.3 is 5.32 Å². The van der Waals surface area contributed by atoms with Crippen molar-refractivity contribution in [3.05, 3.63) is 35.2 Å². The van der Waals surface area contributed by atoms with Crippen LogP contribution in [0.25, 0.3) is 0 Å². The van der Waals surface area contributed by atoms with Crippen molar-refractivity contribution in [3.8, 4) is 6.07 Å². The molecule has 6 nitrogen and oxygen atoms in total. The summed E-state index contributed by atoms with van der Waals surface area (Å²) in [7, 11) is 0. The number of aromatic nitrogens is 4. The van der Waals surface area contributed by atoms with Crippen LogP contribution in [-0.4, -0.2) is 20.6 Å². The van der Waals surface area contributed by atoms with E-state index in [9.17, 15) is 8.78 Å². The zero-order valence-corrected chi connectivity index (χ0v) is 9.28. The third-order valence-corrected chi connectivity index (χ3v) is 2.28. The molecule has 0 bridgehead atoms. The summed E-state index contributed by atoms with van der Waals surface area (Å²) in [6.07, 6.45) is 0. The molecule has 0 radical (unpaired) electrons. The van der Waals surface area contributed by atoms with E-state index >= 15 is 0 Å². The lowest BCUT2D eigenvalue weighted by molar-refractivity contribution is 0.582. The average molecular weight is 250 g/mol. The fourth-order valence-electron chi connectivity index (χ4n) is 1.41. The van der Waals surface area contributed by atoms with Crippen molar-refractivity contribution < 1.29 is 8.78 Å². The van der Waals surface area contributed by atoms with Crippen LogP contribution >= 0.6 is 0 Å². The molecule has 2 N–H and O–H groups in total. The van der Waals surface area contributed by atoms with E-state index in [1.807, 2.05) is 0 Å². The van der Waals surface area contributed by atoms with Gasteiger partial charge in [0.1, 0.15) is 5.69 Å². The molecule has 1 aromatic heterocycles. The second kappa shape index (κ2) is 4.75. The number of benzene rings is 1. The largest absolute Gasteiger partial charge is 0.370 e. The number of rotatable bonds is 3. The molecule has 2 rings (SSSR count). The van der Waals surface area contributed by atoms with Gasteiger partial charge >= 0.3 is 0 Å². The maximum Gasteiger partial charge on any atom is 0.196 e. The fourth-order valence-corrected chi connectivity index (χ4v) is 1.41. The van der Waals surface area contributed by atoms with Gasteiger partial charge in [-0.3, -0.25) is 0 Å². The van der Waals surface area contributed by atoms with Gasteiger partial charge in [0.15, 0.2) is 17.5 Å². The Hall–Kier alpha value is -2.56. The van der Waals surface area contributed by atoms with Crippen LogP contribution in [0.2, 0.25) is 0 Å². The lowest BCUT2D eigenvalue weighted by atomic mass is 10.2. The van der Waals surface area contributed by atoms with E-state index in [1.165, 1.54) is 0 Å². The molecule has 0 spiro atoms. The molecule has 18 heavy (non-hydrogen) atoms. The van der Waals surface area contributed by atoms with Crippen molar-refractivity contribution in [1.29, 1.82) is 5.26 Å². The van der Waals surface area contributed by atoms with Crippen LogP contribution in [0, 0.1) is 23.0 Å². The van der Waals surface area contributed by atoms with Crippen molar-refractivity contribution in [2.24, 2.45) is 0 Å². The van der Waals surface area contributed by atoms with Crippen LogP contribution in [-0.2, 0) is 0 Å². The summed E-state index contributed by atoms with van der Waals surface area (Å²) >= 11 is 0. The van der Waals surface area contributed by atoms with Crippen molar-refractivity contribution in [2.75, 3.05) is 5.32 Å². The summed E-state index contributed by atoms with van der Waals surface area (Å²) in [5.41, 5.74) is -0.408. The van der Waals surface area contributed by atoms with E-state index in [0.717, 1.165) is 12.1 Å². The van der Waals surface area contributed by atoms with E-state index < -0.39 is 17.7 Å². The predicted molar refractivity (Wildman–Crippen MR) is 57.3 cm³/mol. The number of nitrogens with one attached hydrogen (secondary N) is 2. The van der Waals surface area contributed by atoms with Gasteiger partial charge in [0.05, 0.1) is 17.7 Å². The number of tetrazole rings is 1. The molecule has 1 atom stereocenters. The van der Waals surface area contributed by atoms with E-state index in [0.29, 0.717) is 0 Å². The van der Waals surface area contributed by atoms with E-state index in [4.69, 9.17) is 5.26 Å². The molecule has 0 aliphatic carbocycles. The number of nitriles is 1. The maximum atomic E-state index is 13.6. The Morgan fingerprint density at radius 2 is 2.06 bits per heavy atom. The normalized spacial score (nSPS) is 11.9. The first-order valence-corrected chi connectivity index (χ1v) is 5.01. The Labute approximate surface area is 101 Å². The van der Waals surface area contributed by atoms with E-state index in [-0.39, 0.29) is 17.1 Å². The SMILES string of the molecule is CC(Nc1c(F)cc(C#N)cc1F)c1nn[nH]n1. The molecule has 1 unspecified atom stereocenters. The van der Waals surface area contributed by atoms with Crippen LogP contribution in [0.15, 0.2) is 12.1 Å². The van der Waals surface area contributed by atoms with Crippen molar-refractivity contribution in [1.82, 2.24) is 20.6 Å². The molecule has 92 valence electrons. The quantitative estimate of drug-likeness (QED) is 0.861. The number of nitrogens with zero attached hydrogens (tertiary/aromatic N) is 4. The third kappa shape index (κ3) is 2.24. The monoisotopic (exact) mass is 250 g/mol. The molecule has 0 saturated carbocycles. The summed E-state index contributed by atoms with van der Waals surface area (Å²) in [6, 6.07) is 3.05. The second-order valence-corrected chi connectivity index (χ2v) is 3.56. The van der Waals surface area contributed by atoms with Crippen LogP contribution in [0.1, 0.15) is 24.4 Å². The summed E-state index contributed by atoms with van der Waals surface area (Å²) < 4.78 is 27.2. The molecule has 1 heterocycles. The minimum atomic E-state index is -0.845.